The second-order valence-corrected chi connectivity index (χ2v) is 24.4. The van der Waals surface area contributed by atoms with Gasteiger partial charge in [-0.2, -0.15) is 0 Å². The summed E-state index contributed by atoms with van der Waals surface area (Å²) in [5.74, 6) is 4.08. The summed E-state index contributed by atoms with van der Waals surface area (Å²) in [5.41, 5.74) is 3.00. The van der Waals surface area contributed by atoms with E-state index in [1.165, 1.54) is 90.4 Å². The SMILES string of the molecule is CC(C)OC(=O)C(C)(C)Oc1ccc(C(=O)c2ccc(Cl)cc2)cc1.COC1=CC(=O)C[C@@H](C)[C@]12Oc1c(Cl)c(OC)cc(OC)c1C2=O.Cc1c(C)c2c(c(C)c1O)CC[C@@](C)(CCC[C@H](C)CCC[C@H](C)CCCC(C)C)O2. The van der Waals surface area contributed by atoms with Crippen molar-refractivity contribution in [2.45, 2.75) is 190 Å². The number of ketones is 3. The molecule has 0 saturated heterocycles. The monoisotopic (exact) mass is 1140 g/mol. The van der Waals surface area contributed by atoms with E-state index in [0.717, 1.165) is 59.5 Å². The average molecular weight is 1140 g/mol. The number of rotatable bonds is 21. The van der Waals surface area contributed by atoms with Crippen LogP contribution in [0.5, 0.6) is 34.5 Å². The number of carbonyl (C=O) groups is 4. The van der Waals surface area contributed by atoms with Crippen molar-refractivity contribution in [3.8, 4) is 34.5 Å². The molecule has 4 aromatic rings. The molecule has 4 aromatic carbocycles. The van der Waals surface area contributed by atoms with E-state index in [9.17, 15) is 24.3 Å². The van der Waals surface area contributed by atoms with Crippen LogP contribution in [0.4, 0.5) is 0 Å². The number of aromatic hydroxyl groups is 1. The number of fused-ring (bicyclic) bond motifs is 2. The van der Waals surface area contributed by atoms with Crippen LogP contribution in [0, 0.1) is 44.4 Å². The molecule has 12 nitrogen and oxygen atoms in total. The van der Waals surface area contributed by atoms with Crippen molar-refractivity contribution in [3.63, 3.8) is 0 Å². The maximum Gasteiger partial charge on any atom is 0.350 e. The van der Waals surface area contributed by atoms with Gasteiger partial charge >= 0.3 is 5.97 Å². The molecule has 0 radical (unpaired) electrons. The Bertz CT molecular complexity index is 2830. The molecule has 7 rings (SSSR count). The van der Waals surface area contributed by atoms with Crippen molar-refractivity contribution >= 4 is 46.5 Å². The third-order valence-electron chi connectivity index (χ3n) is 15.8. The number of allylic oxidation sites excluding steroid dienone is 1. The lowest BCUT2D eigenvalue weighted by Crippen LogP contribution is -2.51. The van der Waals surface area contributed by atoms with Crippen LogP contribution in [0.15, 0.2) is 66.4 Å². The zero-order chi connectivity index (χ0) is 59.4. The Morgan fingerprint density at radius 2 is 1.31 bits per heavy atom. The smallest absolute Gasteiger partial charge is 0.350 e. The summed E-state index contributed by atoms with van der Waals surface area (Å²) in [6.45, 7) is 26.6. The minimum absolute atomic E-state index is 0.0712. The van der Waals surface area contributed by atoms with E-state index < -0.39 is 23.1 Å². The fraction of sp³-hybridized carbons (Fsp3) is 0.545. The Morgan fingerprint density at radius 3 is 1.86 bits per heavy atom. The van der Waals surface area contributed by atoms with Gasteiger partial charge in [-0.25, -0.2) is 4.79 Å². The first-order chi connectivity index (χ1) is 37.6. The van der Waals surface area contributed by atoms with Gasteiger partial charge in [0.2, 0.25) is 11.4 Å². The molecule has 2 heterocycles. The molecule has 0 bridgehead atoms. The average Bonchev–Trinajstić information content (AvgIpc) is 3.77. The minimum atomic E-state index is -1.42. The molecule has 5 atom stereocenters. The molecule has 0 amide bonds. The highest BCUT2D eigenvalue weighted by Crippen LogP contribution is 2.54. The van der Waals surface area contributed by atoms with E-state index in [-0.39, 0.29) is 57.6 Å². The number of methoxy groups -OCH3 is 3. The summed E-state index contributed by atoms with van der Waals surface area (Å²) < 4.78 is 39.4. The number of carbonyl (C=O) groups excluding carboxylic acids is 4. The van der Waals surface area contributed by atoms with Crippen LogP contribution < -0.4 is 23.7 Å². The van der Waals surface area contributed by atoms with Crippen LogP contribution in [0.1, 0.15) is 188 Å². The van der Waals surface area contributed by atoms with E-state index in [4.69, 9.17) is 56.4 Å². The Hall–Kier alpha value is -5.72. The predicted octanol–water partition coefficient (Wildman–Crippen LogP) is 16.3. The zero-order valence-electron chi connectivity index (χ0n) is 50.3. The lowest BCUT2D eigenvalue weighted by Gasteiger charge is -2.38. The minimum Gasteiger partial charge on any atom is -0.507 e. The summed E-state index contributed by atoms with van der Waals surface area (Å²) in [6.07, 6.45) is 15.3. The van der Waals surface area contributed by atoms with Crippen LogP contribution in [0.25, 0.3) is 0 Å². The molecule has 438 valence electrons. The Labute approximate surface area is 486 Å². The van der Waals surface area contributed by atoms with E-state index in [1.54, 1.807) is 83.1 Å². The number of ether oxygens (including phenoxy) is 7. The van der Waals surface area contributed by atoms with E-state index in [1.807, 2.05) is 13.8 Å². The van der Waals surface area contributed by atoms with Crippen LogP contribution in [0.2, 0.25) is 10.0 Å². The van der Waals surface area contributed by atoms with Crippen LogP contribution >= 0.6 is 23.2 Å². The summed E-state index contributed by atoms with van der Waals surface area (Å²) in [5, 5.41) is 11.1. The third-order valence-corrected chi connectivity index (χ3v) is 16.4. The number of phenolic OH excluding ortho intramolecular Hbond substituents is 1. The number of esters is 1. The van der Waals surface area contributed by atoms with Crippen molar-refractivity contribution in [3.05, 3.63) is 115 Å². The molecule has 0 saturated carbocycles. The fourth-order valence-electron chi connectivity index (χ4n) is 10.7. The molecule has 0 fully saturated rings. The van der Waals surface area contributed by atoms with Crippen molar-refractivity contribution in [2.75, 3.05) is 21.3 Å². The second kappa shape index (κ2) is 28.3. The van der Waals surface area contributed by atoms with Gasteiger partial charge in [-0.3, -0.25) is 14.4 Å². The normalized spacial score (nSPS) is 19.0. The zero-order valence-corrected chi connectivity index (χ0v) is 51.9. The van der Waals surface area contributed by atoms with Gasteiger partial charge in [-0.15, -0.1) is 0 Å². The first kappa shape index (κ1) is 65.1. The molecule has 3 aliphatic rings. The van der Waals surface area contributed by atoms with Crippen LogP contribution in [-0.2, 0) is 25.5 Å². The van der Waals surface area contributed by atoms with Crippen molar-refractivity contribution < 1.29 is 57.4 Å². The van der Waals surface area contributed by atoms with Gasteiger partial charge in [-0.1, -0.05) is 103 Å². The third kappa shape index (κ3) is 15.8. The lowest BCUT2D eigenvalue weighted by atomic mass is 9.75. The Balaban J connectivity index is 0.000000223. The lowest BCUT2D eigenvalue weighted by molar-refractivity contribution is -0.163. The topological polar surface area (TPSA) is 153 Å². The number of hydrogen-bond acceptors (Lipinski definition) is 12. The van der Waals surface area contributed by atoms with Gasteiger partial charge in [0.05, 0.1) is 27.4 Å². The molecular weight excluding hydrogens is 1060 g/mol. The number of benzene rings is 4. The summed E-state index contributed by atoms with van der Waals surface area (Å²) in [7, 11) is 4.31. The van der Waals surface area contributed by atoms with Gasteiger partial charge in [0, 0.05) is 46.2 Å². The molecule has 1 spiro atoms. The highest BCUT2D eigenvalue weighted by molar-refractivity contribution is 6.35. The predicted molar refractivity (Wildman–Crippen MR) is 318 cm³/mol. The van der Waals surface area contributed by atoms with Gasteiger partial charge < -0.3 is 38.3 Å². The molecule has 14 heteroatoms. The van der Waals surface area contributed by atoms with E-state index in [0.29, 0.717) is 39.1 Å². The largest absolute Gasteiger partial charge is 0.507 e. The first-order valence-electron chi connectivity index (χ1n) is 28.4. The van der Waals surface area contributed by atoms with Gasteiger partial charge in [-0.05, 0) is 164 Å². The van der Waals surface area contributed by atoms with Gasteiger partial charge in [0.25, 0.3) is 0 Å². The van der Waals surface area contributed by atoms with Crippen LogP contribution in [-0.4, -0.2) is 72.7 Å². The molecular formula is C66H88Cl2O12. The maximum absolute atomic E-state index is 13.3. The summed E-state index contributed by atoms with van der Waals surface area (Å²) in [4.78, 5) is 49.6. The standard InChI is InChI=1S/C29H50O2.C20H21ClO4.C17H17ClO6/c1-20(2)12-9-13-21(3)14-10-15-22(4)16-11-18-29(8)19-17-26-25(7)27(30)23(5)24(6)28(26)31-29;1-13(2)24-19(23)20(3,4)25-17-11-7-15(8-12-17)18(22)14-5-9-16(21)10-6-14;1-8-5-9(19)6-12(23-4)17(8)16(20)13-10(21-2)7-11(22-3)14(18)15(13)24-17/h20-22,30H,9-19H2,1-8H3;5-13H,1-4H3;6-8H,5H2,1-4H3/t21-,22-,29-;;8-,17+/m1.1/s1. The van der Waals surface area contributed by atoms with E-state index in [2.05, 4.69) is 41.5 Å². The molecule has 0 unspecified atom stereocenters. The summed E-state index contributed by atoms with van der Waals surface area (Å²) in [6, 6.07) is 14.9. The van der Waals surface area contributed by atoms with Gasteiger partial charge in [0.1, 0.15) is 44.9 Å². The molecule has 80 heavy (non-hydrogen) atoms. The Kier molecular flexibility index (Phi) is 23.0. The fourth-order valence-corrected chi connectivity index (χ4v) is 11.1. The number of halogens is 2. The van der Waals surface area contributed by atoms with Crippen LogP contribution in [0.3, 0.4) is 0 Å². The van der Waals surface area contributed by atoms with Crippen molar-refractivity contribution in [1.29, 1.82) is 0 Å². The highest BCUT2D eigenvalue weighted by atomic mass is 35.5. The molecule has 1 aliphatic carbocycles. The Morgan fingerprint density at radius 1 is 0.750 bits per heavy atom. The van der Waals surface area contributed by atoms with Crippen molar-refractivity contribution in [1.82, 2.24) is 0 Å². The number of phenols is 1. The molecule has 0 aromatic heterocycles. The van der Waals surface area contributed by atoms with Crippen molar-refractivity contribution in [2.24, 2.45) is 23.7 Å². The molecule has 1 N–H and O–H groups in total. The number of Topliss-reactive ketones (excluding diaryl/α,β-unsaturated/α-hetero) is 1. The molecule has 2 aliphatic heterocycles. The second-order valence-electron chi connectivity index (χ2n) is 23.6. The van der Waals surface area contributed by atoms with E-state index >= 15 is 0 Å². The number of hydrogen-bond donors (Lipinski definition) is 1. The first-order valence-corrected chi connectivity index (χ1v) is 29.2. The highest BCUT2D eigenvalue weighted by Gasteiger charge is 2.60. The quantitative estimate of drug-likeness (QED) is 0.0624. The summed E-state index contributed by atoms with van der Waals surface area (Å²) >= 11 is 12.2. The maximum atomic E-state index is 13.3. The van der Waals surface area contributed by atoms with Gasteiger partial charge in [0.15, 0.2) is 28.7 Å².